The molecular weight excluding hydrogens is 695 g/mol. The van der Waals surface area contributed by atoms with E-state index in [1.807, 2.05) is 34.8 Å². The van der Waals surface area contributed by atoms with Crippen molar-refractivity contribution in [2.75, 3.05) is 23.4 Å². The minimum atomic E-state index is 0.00565. The molecule has 2 aromatic heterocycles. The van der Waals surface area contributed by atoms with Gasteiger partial charge in [-0.25, -0.2) is 0 Å². The van der Waals surface area contributed by atoms with Gasteiger partial charge < -0.3 is 28.7 Å². The van der Waals surface area contributed by atoms with E-state index in [-0.39, 0.29) is 31.1 Å². The summed E-state index contributed by atoms with van der Waals surface area (Å²) in [6.45, 7) is 14.3. The molecule has 0 fully saturated rings. The molecule has 0 radical (unpaired) electrons. The zero-order valence-corrected chi connectivity index (χ0v) is 32.1. The molecule has 0 amide bonds. The van der Waals surface area contributed by atoms with Crippen LogP contribution in [0.4, 0.5) is 34.1 Å². The van der Waals surface area contributed by atoms with Crippen molar-refractivity contribution in [2.24, 2.45) is 0 Å². The van der Waals surface area contributed by atoms with Crippen LogP contribution >= 0.6 is 22.7 Å². The third-order valence-electron chi connectivity index (χ3n) is 11.1. The number of fused-ring (bicyclic) bond motifs is 10. The number of rotatable bonds is 2. The van der Waals surface area contributed by atoms with Gasteiger partial charge in [-0.3, -0.25) is 0 Å². The van der Waals surface area contributed by atoms with Crippen LogP contribution in [0.3, 0.4) is 0 Å². The Bertz CT molecular complexity index is 2520. The first-order chi connectivity index (χ1) is 25.5. The van der Waals surface area contributed by atoms with Crippen LogP contribution in [-0.2, 0) is 10.8 Å². The van der Waals surface area contributed by atoms with E-state index in [1.54, 1.807) is 0 Å². The van der Waals surface area contributed by atoms with Crippen molar-refractivity contribution < 1.29 is 18.9 Å². The zero-order chi connectivity index (χ0) is 36.0. The Morgan fingerprint density at radius 1 is 0.528 bits per heavy atom. The van der Waals surface area contributed by atoms with Gasteiger partial charge in [-0.15, -0.1) is 22.7 Å². The second kappa shape index (κ2) is 10.7. The summed E-state index contributed by atoms with van der Waals surface area (Å²) in [5.41, 5.74) is 10.9. The maximum atomic E-state index is 5.97. The number of nitrogens with zero attached hydrogens (tertiary/aromatic N) is 2. The number of hydrogen-bond donors (Lipinski definition) is 0. The molecule has 5 aromatic carbocycles. The van der Waals surface area contributed by atoms with E-state index in [0.29, 0.717) is 0 Å². The third kappa shape index (κ3) is 4.50. The van der Waals surface area contributed by atoms with E-state index in [4.69, 9.17) is 18.9 Å². The molecule has 53 heavy (non-hydrogen) atoms. The molecule has 0 unspecified atom stereocenters. The average Bonchev–Trinajstić information content (AvgIpc) is 3.94. The number of benzene rings is 5. The van der Waals surface area contributed by atoms with Crippen LogP contribution in [0.1, 0.15) is 52.7 Å². The summed E-state index contributed by atoms with van der Waals surface area (Å²) in [7, 11) is 0. The molecule has 7 aromatic rings. The molecule has 0 N–H and O–H groups in total. The Morgan fingerprint density at radius 3 is 1.43 bits per heavy atom. The lowest BCUT2D eigenvalue weighted by atomic mass is 9.39. The van der Waals surface area contributed by atoms with Crippen LogP contribution in [0.15, 0.2) is 91.0 Å². The number of thiophene rings is 2. The first-order valence-corrected chi connectivity index (χ1v) is 19.8. The van der Waals surface area contributed by atoms with Crippen molar-refractivity contribution in [2.45, 2.75) is 52.4 Å². The van der Waals surface area contributed by atoms with Crippen LogP contribution in [0.2, 0.25) is 0 Å². The van der Waals surface area contributed by atoms with Crippen LogP contribution in [0.25, 0.3) is 20.2 Å². The van der Waals surface area contributed by atoms with Gasteiger partial charge in [0.2, 0.25) is 13.6 Å². The minimum absolute atomic E-state index is 0.00565. The topological polar surface area (TPSA) is 43.4 Å². The van der Waals surface area contributed by atoms with Gasteiger partial charge in [0.05, 0.1) is 22.7 Å². The molecule has 262 valence electrons. The van der Waals surface area contributed by atoms with Crippen molar-refractivity contribution >= 4 is 98.7 Å². The van der Waals surface area contributed by atoms with Crippen molar-refractivity contribution in [3.63, 3.8) is 0 Å². The lowest BCUT2D eigenvalue weighted by Crippen LogP contribution is -2.59. The molecule has 4 aliphatic rings. The van der Waals surface area contributed by atoms with Gasteiger partial charge in [0, 0.05) is 53.2 Å². The summed E-state index contributed by atoms with van der Waals surface area (Å²) < 4.78 is 28.8. The second-order valence-electron chi connectivity index (χ2n) is 16.4. The summed E-state index contributed by atoms with van der Waals surface area (Å²) in [6, 6.07) is 33.7. The average molecular weight is 733 g/mol. The molecule has 4 aliphatic heterocycles. The molecule has 9 heteroatoms. The highest BCUT2D eigenvalue weighted by Crippen LogP contribution is 2.52. The molecule has 6 nitrogen and oxygen atoms in total. The molecule has 0 spiro atoms. The maximum absolute atomic E-state index is 5.97. The van der Waals surface area contributed by atoms with Gasteiger partial charge in [-0.05, 0) is 88.1 Å². The van der Waals surface area contributed by atoms with Crippen molar-refractivity contribution in [1.29, 1.82) is 0 Å². The van der Waals surface area contributed by atoms with E-state index < -0.39 is 0 Å². The lowest BCUT2D eigenvalue weighted by Gasteiger charge is -2.42. The summed E-state index contributed by atoms with van der Waals surface area (Å²) in [5.74, 6) is 3.11. The van der Waals surface area contributed by atoms with E-state index in [9.17, 15) is 0 Å². The van der Waals surface area contributed by atoms with Gasteiger partial charge in [-0.2, -0.15) is 0 Å². The molecule has 0 bridgehead atoms. The molecule has 0 atom stereocenters. The van der Waals surface area contributed by atoms with Crippen molar-refractivity contribution in [3.8, 4) is 23.0 Å². The quantitative estimate of drug-likeness (QED) is 0.165. The first-order valence-electron chi connectivity index (χ1n) is 18.2. The number of anilines is 6. The van der Waals surface area contributed by atoms with Gasteiger partial charge >= 0.3 is 0 Å². The molecule has 0 saturated carbocycles. The highest BCUT2D eigenvalue weighted by molar-refractivity contribution is 7.40. The predicted octanol–water partition coefficient (Wildman–Crippen LogP) is 10.3. The van der Waals surface area contributed by atoms with Crippen LogP contribution in [0.5, 0.6) is 23.0 Å². The van der Waals surface area contributed by atoms with Gasteiger partial charge in [0.15, 0.2) is 23.0 Å². The van der Waals surface area contributed by atoms with E-state index >= 15 is 0 Å². The summed E-state index contributed by atoms with van der Waals surface area (Å²) in [6.07, 6.45) is 0. The smallest absolute Gasteiger partial charge is 0.277 e. The fraction of sp³-hybridized carbons (Fsp3) is 0.227. The Balaban J connectivity index is 1.25. The Morgan fingerprint density at radius 2 is 0.981 bits per heavy atom. The third-order valence-corrected chi connectivity index (χ3v) is 13.6. The fourth-order valence-corrected chi connectivity index (χ4v) is 11.1. The molecular formula is C44H37BN2O4S2. The Labute approximate surface area is 317 Å². The largest absolute Gasteiger partial charge is 0.454 e. The minimum Gasteiger partial charge on any atom is -0.454 e. The highest BCUT2D eigenvalue weighted by atomic mass is 32.1. The normalized spacial score (nSPS) is 15.3. The standard InChI is InChI=1S/C44H37BN2O4S2/c1-43(2,3)24-10-16-36-28(18-24)39-41(52-36)45-38-30(46(39)26-12-14-32-34(20-26)50-22-48-32)8-7-9-31(38)47(27-13-15-33-35(21-27)51-23-49-33)40-29-19-25(44(4,5)6)11-17-37(29)53-42(40)45/h7-21H,22-23H2,1-6H3. The van der Waals surface area contributed by atoms with Crippen molar-refractivity contribution in [1.82, 2.24) is 0 Å². The first kappa shape index (κ1) is 31.4. The summed E-state index contributed by atoms with van der Waals surface area (Å²) >= 11 is 3.86. The van der Waals surface area contributed by atoms with Gasteiger partial charge in [0.25, 0.3) is 6.71 Å². The van der Waals surface area contributed by atoms with E-state index in [2.05, 4.69) is 130 Å². The van der Waals surface area contributed by atoms with Crippen molar-refractivity contribution in [3.05, 3.63) is 102 Å². The van der Waals surface area contributed by atoms with E-state index in [0.717, 1.165) is 34.4 Å². The maximum Gasteiger partial charge on any atom is 0.277 e. The zero-order valence-electron chi connectivity index (χ0n) is 30.5. The molecule has 0 saturated heterocycles. The van der Waals surface area contributed by atoms with E-state index in [1.165, 1.54) is 69.1 Å². The molecule has 6 heterocycles. The highest BCUT2D eigenvalue weighted by Gasteiger charge is 2.47. The van der Waals surface area contributed by atoms with Crippen LogP contribution in [-0.4, -0.2) is 20.3 Å². The SMILES string of the molecule is CC(C)(C)c1ccc2sc3c(c2c1)N(c1ccc2c(c1)OCO2)c1cccc2c1B3c1sc3ccc(C(C)(C)C)cc3c1N2c1ccc2c(c1)OCO2. The van der Waals surface area contributed by atoms with Gasteiger partial charge in [0.1, 0.15) is 0 Å². The summed E-state index contributed by atoms with van der Waals surface area (Å²) in [5, 5.41) is 2.56. The number of ether oxygens (including phenoxy) is 4. The Hall–Kier alpha value is -5.12. The van der Waals surface area contributed by atoms with Gasteiger partial charge in [-0.1, -0.05) is 59.7 Å². The lowest BCUT2D eigenvalue weighted by molar-refractivity contribution is 0.173. The number of hydrogen-bond acceptors (Lipinski definition) is 8. The molecule has 0 aliphatic carbocycles. The molecule has 11 rings (SSSR count). The monoisotopic (exact) mass is 732 g/mol. The van der Waals surface area contributed by atoms with Crippen LogP contribution < -0.4 is 43.8 Å². The van der Waals surface area contributed by atoms with Crippen LogP contribution in [0, 0.1) is 0 Å². The predicted molar refractivity (Wildman–Crippen MR) is 221 cm³/mol. The second-order valence-corrected chi connectivity index (χ2v) is 18.6. The fourth-order valence-electron chi connectivity index (χ4n) is 8.43. The Kier molecular flexibility index (Phi) is 6.36. The summed E-state index contributed by atoms with van der Waals surface area (Å²) in [4.78, 5) is 4.96.